The van der Waals surface area contributed by atoms with Gasteiger partial charge in [0, 0.05) is 16.7 Å². The molecular formula is C21H18N2O2. The fourth-order valence-electron chi connectivity index (χ4n) is 2.83. The fourth-order valence-corrected chi connectivity index (χ4v) is 2.83. The lowest BCUT2D eigenvalue weighted by atomic mass is 9.80. The van der Waals surface area contributed by atoms with E-state index in [1.165, 1.54) is 0 Å². The van der Waals surface area contributed by atoms with Crippen LogP contribution in [-0.2, 0) is 15.2 Å². The van der Waals surface area contributed by atoms with E-state index in [9.17, 15) is 4.79 Å². The summed E-state index contributed by atoms with van der Waals surface area (Å²) in [6.07, 6.45) is 0.976. The van der Waals surface area contributed by atoms with E-state index in [-0.39, 0.29) is 0 Å². The van der Waals surface area contributed by atoms with Crippen LogP contribution in [0.3, 0.4) is 0 Å². The number of hydrogen-bond acceptors (Lipinski definition) is 3. The number of benzene rings is 3. The van der Waals surface area contributed by atoms with Crippen LogP contribution in [-0.4, -0.2) is 12.1 Å². The zero-order valence-electron chi connectivity index (χ0n) is 13.6. The molecule has 0 unspecified atom stereocenters. The van der Waals surface area contributed by atoms with Gasteiger partial charge in [0.05, 0.1) is 0 Å². The number of nitrogens with zero attached hydrogens (tertiary/aromatic N) is 1. The highest BCUT2D eigenvalue weighted by Crippen LogP contribution is 2.40. The van der Waals surface area contributed by atoms with Gasteiger partial charge in [-0.1, -0.05) is 96.2 Å². The molecule has 0 aromatic heterocycles. The molecule has 4 heteroatoms. The van der Waals surface area contributed by atoms with Gasteiger partial charge >= 0.3 is 0 Å². The molecule has 25 heavy (non-hydrogen) atoms. The molecule has 0 aliphatic rings. The van der Waals surface area contributed by atoms with Crippen molar-refractivity contribution in [3.63, 3.8) is 0 Å². The molecule has 0 spiro atoms. The second kappa shape index (κ2) is 7.45. The quantitative estimate of drug-likeness (QED) is 0.427. The van der Waals surface area contributed by atoms with Crippen LogP contribution in [0.1, 0.15) is 16.7 Å². The van der Waals surface area contributed by atoms with Crippen molar-refractivity contribution in [2.75, 3.05) is 0 Å². The lowest BCUT2D eigenvalue weighted by molar-refractivity contribution is -0.111. The van der Waals surface area contributed by atoms with Crippen molar-refractivity contribution < 1.29 is 9.63 Å². The van der Waals surface area contributed by atoms with Gasteiger partial charge in [-0.3, -0.25) is 4.79 Å². The van der Waals surface area contributed by atoms with E-state index >= 15 is 0 Å². The fraction of sp³-hybridized carbons (Fsp3) is 0.0476. The number of oxime groups is 1. The van der Waals surface area contributed by atoms with Crippen LogP contribution in [0.15, 0.2) is 96.2 Å². The molecule has 0 aliphatic heterocycles. The molecule has 0 atom stereocenters. The first-order chi connectivity index (χ1) is 12.2. The average Bonchev–Trinajstić information content (AvgIpc) is 2.67. The lowest BCUT2D eigenvalue weighted by Crippen LogP contribution is -2.31. The number of nitrogens with two attached hydrogens (primary N) is 1. The molecule has 0 heterocycles. The van der Waals surface area contributed by atoms with Crippen LogP contribution in [0.25, 0.3) is 0 Å². The lowest BCUT2D eigenvalue weighted by Gasteiger charge is -2.33. The van der Waals surface area contributed by atoms with Crippen LogP contribution in [0, 0.1) is 0 Å². The third-order valence-electron chi connectivity index (χ3n) is 3.91. The average molecular weight is 330 g/mol. The van der Waals surface area contributed by atoms with E-state index in [0.717, 1.165) is 22.9 Å². The number of primary amides is 1. The summed E-state index contributed by atoms with van der Waals surface area (Å²) < 4.78 is 0. The molecule has 0 bridgehead atoms. The molecule has 0 saturated heterocycles. The van der Waals surface area contributed by atoms with E-state index in [4.69, 9.17) is 10.6 Å². The maximum absolute atomic E-state index is 11.1. The molecule has 3 aromatic rings. The van der Waals surface area contributed by atoms with Crippen molar-refractivity contribution in [1.82, 2.24) is 0 Å². The first-order valence-corrected chi connectivity index (χ1v) is 7.91. The van der Waals surface area contributed by atoms with Gasteiger partial charge in [0.15, 0.2) is 0 Å². The summed E-state index contributed by atoms with van der Waals surface area (Å²) in [6, 6.07) is 29.3. The van der Waals surface area contributed by atoms with Gasteiger partial charge in [-0.2, -0.15) is 0 Å². The maximum atomic E-state index is 11.1. The molecule has 2 N–H and O–H groups in total. The number of amides is 1. The van der Waals surface area contributed by atoms with E-state index in [1.54, 1.807) is 0 Å². The van der Waals surface area contributed by atoms with Crippen molar-refractivity contribution in [3.05, 3.63) is 108 Å². The predicted molar refractivity (Wildman–Crippen MR) is 98.0 cm³/mol. The van der Waals surface area contributed by atoms with E-state index in [1.807, 2.05) is 91.0 Å². The number of rotatable bonds is 6. The van der Waals surface area contributed by atoms with Gasteiger partial charge in [0.2, 0.25) is 5.60 Å². The van der Waals surface area contributed by atoms with Crippen LogP contribution in [0.4, 0.5) is 0 Å². The molecule has 3 aromatic carbocycles. The second-order valence-corrected chi connectivity index (χ2v) is 5.51. The van der Waals surface area contributed by atoms with Crippen LogP contribution >= 0.6 is 0 Å². The van der Waals surface area contributed by atoms with Gasteiger partial charge < -0.3 is 10.6 Å². The van der Waals surface area contributed by atoms with Crippen molar-refractivity contribution in [3.8, 4) is 0 Å². The summed E-state index contributed by atoms with van der Waals surface area (Å²) >= 11 is 0. The Bertz CT molecular complexity index is 750. The van der Waals surface area contributed by atoms with Gasteiger partial charge in [-0.05, 0) is 0 Å². The molecule has 1 amide bonds. The molecule has 3 rings (SSSR count). The summed E-state index contributed by atoms with van der Waals surface area (Å²) in [5.74, 6) is -0.664. The Labute approximate surface area is 146 Å². The van der Waals surface area contributed by atoms with Gasteiger partial charge in [-0.15, -0.1) is 0 Å². The molecule has 124 valence electrons. The standard InChI is InChI=1S/C21H18N2O2/c22-20(24)16-23-25-21(17-10-4-1-5-11-17,18-12-6-2-7-13-18)19-14-8-3-9-15-19/h1-16H,(H2,22,24). The minimum Gasteiger partial charge on any atom is -0.374 e. The van der Waals surface area contributed by atoms with E-state index < -0.39 is 11.5 Å². The van der Waals surface area contributed by atoms with Crippen LogP contribution in [0.2, 0.25) is 0 Å². The van der Waals surface area contributed by atoms with Gasteiger partial charge in [0.1, 0.15) is 6.21 Å². The monoisotopic (exact) mass is 330 g/mol. The smallest absolute Gasteiger partial charge is 0.263 e. The number of carbonyl (C=O) groups excluding carboxylic acids is 1. The molecule has 0 fully saturated rings. The Hall–Kier alpha value is -3.40. The van der Waals surface area contributed by atoms with E-state index in [0.29, 0.717) is 0 Å². The first kappa shape index (κ1) is 16.5. The summed E-state index contributed by atoms with van der Waals surface area (Å²) in [6.45, 7) is 0. The summed E-state index contributed by atoms with van der Waals surface area (Å²) in [4.78, 5) is 17.1. The van der Waals surface area contributed by atoms with Gasteiger partial charge in [-0.25, -0.2) is 0 Å². The Morgan fingerprint density at radius 1 is 0.760 bits per heavy atom. The highest BCUT2D eigenvalue weighted by molar-refractivity contribution is 6.25. The topological polar surface area (TPSA) is 64.7 Å². The Morgan fingerprint density at radius 3 is 1.44 bits per heavy atom. The Balaban J connectivity index is 2.25. The van der Waals surface area contributed by atoms with Crippen molar-refractivity contribution in [1.29, 1.82) is 0 Å². The summed E-state index contributed by atoms with van der Waals surface area (Å²) in [5, 5.41) is 3.87. The van der Waals surface area contributed by atoms with Crippen molar-refractivity contribution >= 4 is 12.1 Å². The summed E-state index contributed by atoms with van der Waals surface area (Å²) in [5.41, 5.74) is 6.87. The highest BCUT2D eigenvalue weighted by atomic mass is 16.6. The predicted octanol–water partition coefficient (Wildman–Crippen LogP) is 3.47. The molecule has 0 aliphatic carbocycles. The largest absolute Gasteiger partial charge is 0.374 e. The number of hydrogen-bond donors (Lipinski definition) is 1. The van der Waals surface area contributed by atoms with Crippen molar-refractivity contribution in [2.24, 2.45) is 10.9 Å². The minimum absolute atomic E-state index is 0.664. The van der Waals surface area contributed by atoms with E-state index in [2.05, 4.69) is 5.16 Å². The normalized spacial score (nSPS) is 11.4. The zero-order valence-corrected chi connectivity index (χ0v) is 13.6. The van der Waals surface area contributed by atoms with Gasteiger partial charge in [0.25, 0.3) is 5.91 Å². The molecule has 0 saturated carbocycles. The van der Waals surface area contributed by atoms with Crippen LogP contribution < -0.4 is 5.73 Å². The highest BCUT2D eigenvalue weighted by Gasteiger charge is 2.39. The third kappa shape index (κ3) is 3.43. The molecule has 0 radical (unpaired) electrons. The Morgan fingerprint density at radius 2 is 1.12 bits per heavy atom. The Kier molecular flexibility index (Phi) is 4.90. The zero-order chi connectivity index (χ0) is 17.5. The molecule has 4 nitrogen and oxygen atoms in total. The van der Waals surface area contributed by atoms with Crippen LogP contribution in [0.5, 0.6) is 0 Å². The third-order valence-corrected chi connectivity index (χ3v) is 3.91. The SMILES string of the molecule is NC(=O)C=NOC(c1ccccc1)(c1ccccc1)c1ccccc1. The number of carbonyl (C=O) groups is 1. The molecular weight excluding hydrogens is 312 g/mol. The second-order valence-electron chi connectivity index (χ2n) is 5.51. The minimum atomic E-state index is -0.990. The maximum Gasteiger partial charge on any atom is 0.263 e. The van der Waals surface area contributed by atoms with Crippen molar-refractivity contribution in [2.45, 2.75) is 5.60 Å². The first-order valence-electron chi connectivity index (χ1n) is 7.91. The summed E-state index contributed by atoms with van der Waals surface area (Å²) in [7, 11) is 0.